The van der Waals surface area contributed by atoms with Gasteiger partial charge in [-0.2, -0.15) is 5.26 Å². The number of hydrogen-bond acceptors (Lipinski definition) is 3. The molecule has 2 rings (SSSR count). The fourth-order valence-electron chi connectivity index (χ4n) is 1.62. The number of hydrogen-bond donors (Lipinski definition) is 1. The monoisotopic (exact) mass is 257 g/mol. The molecule has 0 radical (unpaired) electrons. The lowest BCUT2D eigenvalue weighted by Gasteiger charge is -2.12. The fourth-order valence-corrected chi connectivity index (χ4v) is 1.62. The molecule has 2 aromatic carbocycles. The van der Waals surface area contributed by atoms with Crippen molar-refractivity contribution in [1.29, 1.82) is 5.26 Å². The minimum Gasteiger partial charge on any atom is -0.490 e. The van der Waals surface area contributed by atoms with Gasteiger partial charge in [0.15, 0.2) is 0 Å². The van der Waals surface area contributed by atoms with Gasteiger partial charge in [0.05, 0.1) is 5.56 Å². The maximum atomic E-state index is 13.3. The van der Waals surface area contributed by atoms with Gasteiger partial charge in [-0.1, -0.05) is 30.3 Å². The predicted molar refractivity (Wildman–Crippen MR) is 68.0 cm³/mol. The molecule has 0 aliphatic heterocycles. The van der Waals surface area contributed by atoms with Crippen molar-refractivity contribution in [3.63, 3.8) is 0 Å². The molecule has 0 amide bonds. The summed E-state index contributed by atoms with van der Waals surface area (Å²) in [7, 11) is 0. The first-order valence-electron chi connectivity index (χ1n) is 5.76. The van der Waals surface area contributed by atoms with Gasteiger partial charge in [0.25, 0.3) is 0 Å². The van der Waals surface area contributed by atoms with E-state index in [0.717, 1.165) is 11.6 Å². The second kappa shape index (κ2) is 5.98. The third kappa shape index (κ3) is 3.30. The summed E-state index contributed by atoms with van der Waals surface area (Å²) >= 11 is 0. The molecule has 4 heteroatoms. The molecule has 0 bridgehead atoms. The number of aliphatic hydroxyl groups is 1. The molecule has 3 nitrogen and oxygen atoms in total. The predicted octanol–water partition coefficient (Wildman–Crippen LogP) is 2.81. The van der Waals surface area contributed by atoms with Gasteiger partial charge in [-0.25, -0.2) is 4.39 Å². The number of halogens is 1. The Morgan fingerprint density at radius 1 is 1.21 bits per heavy atom. The Morgan fingerprint density at radius 3 is 2.58 bits per heavy atom. The van der Waals surface area contributed by atoms with Crippen molar-refractivity contribution in [1.82, 2.24) is 0 Å². The van der Waals surface area contributed by atoms with Crippen LogP contribution in [-0.4, -0.2) is 11.7 Å². The van der Waals surface area contributed by atoms with Crippen LogP contribution in [0.15, 0.2) is 48.5 Å². The van der Waals surface area contributed by atoms with Crippen molar-refractivity contribution < 1.29 is 14.2 Å². The normalized spacial score (nSPS) is 11.6. The number of rotatable bonds is 4. The van der Waals surface area contributed by atoms with Gasteiger partial charge in [0, 0.05) is 6.07 Å². The highest BCUT2D eigenvalue weighted by molar-refractivity contribution is 5.36. The lowest BCUT2D eigenvalue weighted by atomic mass is 10.1. The molecule has 1 atom stereocenters. The molecule has 0 spiro atoms. The van der Waals surface area contributed by atoms with Gasteiger partial charge in [-0.05, 0) is 17.7 Å². The average molecular weight is 257 g/mol. The molecule has 1 unspecified atom stereocenters. The Morgan fingerprint density at radius 2 is 1.95 bits per heavy atom. The minimum atomic E-state index is -0.778. The summed E-state index contributed by atoms with van der Waals surface area (Å²) in [5.41, 5.74) is 0.701. The summed E-state index contributed by atoms with van der Waals surface area (Å²) in [5.74, 6) is -0.347. The van der Waals surface area contributed by atoms with E-state index in [0.29, 0.717) is 0 Å². The Balaban J connectivity index is 2.00. The maximum Gasteiger partial charge on any atom is 0.144 e. The Bertz CT molecular complexity index is 593. The number of nitrogens with zero attached hydrogens (tertiary/aromatic N) is 1. The number of nitriles is 1. The van der Waals surface area contributed by atoms with Crippen LogP contribution in [0, 0.1) is 17.1 Å². The van der Waals surface area contributed by atoms with Gasteiger partial charge < -0.3 is 9.84 Å². The summed E-state index contributed by atoms with van der Waals surface area (Å²) in [6.07, 6.45) is -0.778. The Hall–Kier alpha value is -2.38. The van der Waals surface area contributed by atoms with Crippen molar-refractivity contribution >= 4 is 0 Å². The van der Waals surface area contributed by atoms with Crippen LogP contribution < -0.4 is 4.74 Å². The summed E-state index contributed by atoms with van der Waals surface area (Å²) in [4.78, 5) is 0. The Labute approximate surface area is 110 Å². The zero-order valence-corrected chi connectivity index (χ0v) is 10.1. The molecule has 2 aromatic rings. The van der Waals surface area contributed by atoms with E-state index >= 15 is 0 Å². The highest BCUT2D eigenvalue weighted by Gasteiger charge is 2.09. The van der Waals surface area contributed by atoms with Crippen LogP contribution in [0.25, 0.3) is 0 Å². The molecule has 0 fully saturated rings. The van der Waals surface area contributed by atoms with E-state index in [1.807, 2.05) is 18.2 Å². The molecule has 0 heterocycles. The summed E-state index contributed by atoms with van der Waals surface area (Å²) in [6, 6.07) is 14.8. The second-order valence-electron chi connectivity index (χ2n) is 3.99. The topological polar surface area (TPSA) is 53.2 Å². The minimum absolute atomic E-state index is 0.0232. The van der Waals surface area contributed by atoms with Gasteiger partial charge >= 0.3 is 0 Å². The van der Waals surface area contributed by atoms with Gasteiger partial charge in [-0.3, -0.25) is 0 Å². The molecule has 1 N–H and O–H groups in total. The summed E-state index contributed by atoms with van der Waals surface area (Å²) < 4.78 is 18.6. The van der Waals surface area contributed by atoms with E-state index in [-0.39, 0.29) is 17.9 Å². The fraction of sp³-hybridized carbons (Fsp3) is 0.133. The zero-order valence-electron chi connectivity index (χ0n) is 10.1. The van der Waals surface area contributed by atoms with Gasteiger partial charge in [0.1, 0.15) is 30.3 Å². The quantitative estimate of drug-likeness (QED) is 0.916. The molecule has 19 heavy (non-hydrogen) atoms. The molecular weight excluding hydrogens is 245 g/mol. The van der Waals surface area contributed by atoms with E-state index in [1.54, 1.807) is 18.2 Å². The van der Waals surface area contributed by atoms with Crippen LogP contribution in [0.3, 0.4) is 0 Å². The SMILES string of the molecule is N#Cc1ccc(OCC(O)c2ccccc2)cc1F. The van der Waals surface area contributed by atoms with Crippen molar-refractivity contribution in [2.75, 3.05) is 6.61 Å². The van der Waals surface area contributed by atoms with Crippen LogP contribution in [-0.2, 0) is 0 Å². The average Bonchev–Trinajstić information content (AvgIpc) is 2.46. The molecule has 0 aliphatic rings. The summed E-state index contributed by atoms with van der Waals surface area (Å²) in [5, 5.41) is 18.5. The zero-order chi connectivity index (χ0) is 13.7. The van der Waals surface area contributed by atoms with E-state index in [1.165, 1.54) is 12.1 Å². The lowest BCUT2D eigenvalue weighted by Crippen LogP contribution is -2.09. The van der Waals surface area contributed by atoms with E-state index in [2.05, 4.69) is 0 Å². The third-order valence-corrected chi connectivity index (χ3v) is 2.65. The van der Waals surface area contributed by atoms with Crippen molar-refractivity contribution in [2.45, 2.75) is 6.10 Å². The lowest BCUT2D eigenvalue weighted by molar-refractivity contribution is 0.108. The molecule has 0 aromatic heterocycles. The van der Waals surface area contributed by atoms with Crippen LogP contribution in [0.2, 0.25) is 0 Å². The second-order valence-corrected chi connectivity index (χ2v) is 3.99. The molecule has 0 saturated carbocycles. The van der Waals surface area contributed by atoms with E-state index < -0.39 is 11.9 Å². The van der Waals surface area contributed by atoms with Crippen LogP contribution in [0.1, 0.15) is 17.2 Å². The van der Waals surface area contributed by atoms with Crippen LogP contribution >= 0.6 is 0 Å². The van der Waals surface area contributed by atoms with Crippen molar-refractivity contribution in [3.05, 3.63) is 65.5 Å². The van der Waals surface area contributed by atoms with E-state index in [9.17, 15) is 9.50 Å². The molecule has 96 valence electrons. The first-order valence-corrected chi connectivity index (χ1v) is 5.76. The number of ether oxygens (including phenoxy) is 1. The standard InChI is InChI=1S/C15H12FNO2/c16-14-8-13(7-6-12(14)9-17)19-10-15(18)11-4-2-1-3-5-11/h1-8,15,18H,10H2. The first-order chi connectivity index (χ1) is 9.20. The third-order valence-electron chi connectivity index (χ3n) is 2.65. The van der Waals surface area contributed by atoms with Crippen LogP contribution in [0.5, 0.6) is 5.75 Å². The maximum absolute atomic E-state index is 13.3. The smallest absolute Gasteiger partial charge is 0.144 e. The van der Waals surface area contributed by atoms with Crippen molar-refractivity contribution in [3.8, 4) is 11.8 Å². The summed E-state index contributed by atoms with van der Waals surface area (Å²) in [6.45, 7) is 0.0232. The van der Waals surface area contributed by atoms with Crippen LogP contribution in [0.4, 0.5) is 4.39 Å². The van der Waals surface area contributed by atoms with E-state index in [4.69, 9.17) is 10.00 Å². The van der Waals surface area contributed by atoms with Gasteiger partial charge in [-0.15, -0.1) is 0 Å². The molecule has 0 aliphatic carbocycles. The molecule has 0 saturated heterocycles. The largest absolute Gasteiger partial charge is 0.490 e. The van der Waals surface area contributed by atoms with Gasteiger partial charge in [0.2, 0.25) is 0 Å². The first kappa shape index (κ1) is 13.1. The molecular formula is C15H12FNO2. The highest BCUT2D eigenvalue weighted by atomic mass is 19.1. The highest BCUT2D eigenvalue weighted by Crippen LogP contribution is 2.18. The number of benzene rings is 2. The number of aliphatic hydroxyl groups excluding tert-OH is 1. The van der Waals surface area contributed by atoms with Crippen molar-refractivity contribution in [2.24, 2.45) is 0 Å². The Kier molecular flexibility index (Phi) is 4.11.